The maximum atomic E-state index is 11.7. The van der Waals surface area contributed by atoms with Gasteiger partial charge in [-0.15, -0.1) is 0 Å². The Morgan fingerprint density at radius 1 is 1.41 bits per heavy atom. The fraction of sp³-hybridized carbons (Fsp3) is 0.357. The van der Waals surface area contributed by atoms with Gasteiger partial charge in [-0.3, -0.25) is 0 Å². The minimum Gasteiger partial charge on any atom is -0.507 e. The van der Waals surface area contributed by atoms with Crippen LogP contribution in [-0.2, 0) is 4.74 Å². The highest BCUT2D eigenvalue weighted by atomic mass is 16.5. The summed E-state index contributed by atoms with van der Waals surface area (Å²) >= 11 is 0. The van der Waals surface area contributed by atoms with E-state index in [-0.39, 0.29) is 17.4 Å². The molecule has 1 unspecified atom stereocenters. The molecule has 0 radical (unpaired) electrons. The van der Waals surface area contributed by atoms with Crippen LogP contribution in [0.5, 0.6) is 5.75 Å². The molecule has 0 aliphatic heterocycles. The number of aromatic hydroxyl groups is 1. The van der Waals surface area contributed by atoms with Gasteiger partial charge in [-0.2, -0.15) is 0 Å². The molecule has 3 nitrogen and oxygen atoms in total. The van der Waals surface area contributed by atoms with Crippen LogP contribution in [0.3, 0.4) is 0 Å². The summed E-state index contributed by atoms with van der Waals surface area (Å²) in [5.74, 6) is -0.533. The van der Waals surface area contributed by atoms with E-state index in [4.69, 9.17) is 4.74 Å². The molecule has 1 rings (SSSR count). The molecule has 1 N–H and O–H groups in total. The molecule has 0 aliphatic rings. The third kappa shape index (κ3) is 4.31. The van der Waals surface area contributed by atoms with Crippen LogP contribution in [-0.4, -0.2) is 17.2 Å². The van der Waals surface area contributed by atoms with Crippen molar-refractivity contribution in [2.45, 2.75) is 32.8 Å². The Kier molecular flexibility index (Phi) is 5.27. The van der Waals surface area contributed by atoms with Crippen molar-refractivity contribution in [3.63, 3.8) is 0 Å². The Labute approximate surface area is 102 Å². The zero-order valence-electron chi connectivity index (χ0n) is 10.2. The summed E-state index contributed by atoms with van der Waals surface area (Å²) < 4.78 is 5.21. The number of rotatable bonds is 5. The van der Waals surface area contributed by atoms with Crippen molar-refractivity contribution in [2.24, 2.45) is 0 Å². The lowest BCUT2D eigenvalue weighted by Crippen LogP contribution is -2.14. The minimum absolute atomic E-state index is 0.0474. The van der Waals surface area contributed by atoms with E-state index in [9.17, 15) is 9.90 Å². The van der Waals surface area contributed by atoms with Crippen LogP contribution in [0.15, 0.2) is 36.4 Å². The van der Waals surface area contributed by atoms with E-state index in [2.05, 4.69) is 6.92 Å². The van der Waals surface area contributed by atoms with E-state index < -0.39 is 5.97 Å². The van der Waals surface area contributed by atoms with Crippen LogP contribution >= 0.6 is 0 Å². The number of esters is 1. The van der Waals surface area contributed by atoms with Gasteiger partial charge in [0.05, 0.1) is 0 Å². The summed E-state index contributed by atoms with van der Waals surface area (Å²) in [5.41, 5.74) is 0.207. The van der Waals surface area contributed by atoms with Gasteiger partial charge in [-0.25, -0.2) is 4.79 Å². The Balaban J connectivity index is 2.55. The van der Waals surface area contributed by atoms with E-state index in [1.165, 1.54) is 6.07 Å². The molecule has 3 heteroatoms. The first-order valence-corrected chi connectivity index (χ1v) is 5.79. The first kappa shape index (κ1) is 13.3. The molecule has 0 saturated carbocycles. The zero-order chi connectivity index (χ0) is 12.7. The maximum Gasteiger partial charge on any atom is 0.342 e. The second kappa shape index (κ2) is 6.74. The predicted octanol–water partition coefficient (Wildman–Crippen LogP) is 3.29. The number of phenolic OH excluding ortho intramolecular Hbond substituents is 1. The average molecular weight is 234 g/mol. The second-order valence-electron chi connectivity index (χ2n) is 3.85. The number of para-hydroxylation sites is 1. The summed E-state index contributed by atoms with van der Waals surface area (Å²) in [6, 6.07) is 6.38. The van der Waals surface area contributed by atoms with E-state index in [1.54, 1.807) is 18.2 Å². The summed E-state index contributed by atoms with van der Waals surface area (Å²) in [6.07, 6.45) is 5.49. The number of allylic oxidation sites excluding steroid dienone is 1. The summed E-state index contributed by atoms with van der Waals surface area (Å²) in [7, 11) is 0. The lowest BCUT2D eigenvalue weighted by Gasteiger charge is -2.11. The van der Waals surface area contributed by atoms with Gasteiger partial charge >= 0.3 is 5.97 Å². The van der Waals surface area contributed by atoms with Crippen molar-refractivity contribution in [2.75, 3.05) is 0 Å². The number of hydrogen-bond donors (Lipinski definition) is 1. The van der Waals surface area contributed by atoms with Crippen LogP contribution in [0, 0.1) is 0 Å². The van der Waals surface area contributed by atoms with Gasteiger partial charge in [-0.1, -0.05) is 31.2 Å². The van der Waals surface area contributed by atoms with Gasteiger partial charge in [0, 0.05) is 6.42 Å². The first-order valence-electron chi connectivity index (χ1n) is 5.79. The topological polar surface area (TPSA) is 46.5 Å². The van der Waals surface area contributed by atoms with Crippen LogP contribution < -0.4 is 0 Å². The molecular formula is C14H18O3. The van der Waals surface area contributed by atoms with Crippen molar-refractivity contribution < 1.29 is 14.6 Å². The highest BCUT2D eigenvalue weighted by molar-refractivity contribution is 5.92. The van der Waals surface area contributed by atoms with Gasteiger partial charge in [0.15, 0.2) is 0 Å². The standard InChI is InChI=1S/C14H18O3/c1-3-4-5-8-11(2)17-14(16)12-9-6-7-10-13(12)15/h4-7,9-11,15H,3,8H2,1-2H3/b5-4+. The molecule has 0 fully saturated rings. The molecule has 1 atom stereocenters. The van der Waals surface area contributed by atoms with Gasteiger partial charge in [-0.05, 0) is 25.5 Å². The van der Waals surface area contributed by atoms with E-state index >= 15 is 0 Å². The molecule has 0 amide bonds. The highest BCUT2D eigenvalue weighted by Gasteiger charge is 2.14. The number of hydrogen-bond acceptors (Lipinski definition) is 3. The fourth-order valence-corrected chi connectivity index (χ4v) is 1.40. The molecule has 0 aliphatic carbocycles. The van der Waals surface area contributed by atoms with Gasteiger partial charge in [0.2, 0.25) is 0 Å². The second-order valence-corrected chi connectivity index (χ2v) is 3.85. The van der Waals surface area contributed by atoms with E-state index in [0.717, 1.165) is 6.42 Å². The van der Waals surface area contributed by atoms with Crippen LogP contribution in [0.4, 0.5) is 0 Å². The minimum atomic E-state index is -0.486. The number of phenols is 1. The SMILES string of the molecule is CC/C=C/CC(C)OC(=O)c1ccccc1O. The predicted molar refractivity (Wildman–Crippen MR) is 67.0 cm³/mol. The molecule has 92 valence electrons. The maximum absolute atomic E-state index is 11.7. The molecule has 0 bridgehead atoms. The van der Waals surface area contributed by atoms with E-state index in [1.807, 2.05) is 19.1 Å². The smallest absolute Gasteiger partial charge is 0.342 e. The zero-order valence-corrected chi connectivity index (χ0v) is 10.2. The number of carbonyl (C=O) groups excluding carboxylic acids is 1. The molecular weight excluding hydrogens is 216 g/mol. The van der Waals surface area contributed by atoms with Crippen LogP contribution in [0.25, 0.3) is 0 Å². The van der Waals surface area contributed by atoms with E-state index in [0.29, 0.717) is 6.42 Å². The quantitative estimate of drug-likeness (QED) is 0.628. The number of benzene rings is 1. The Bertz CT molecular complexity index is 396. The molecule has 0 aromatic heterocycles. The number of carbonyl (C=O) groups is 1. The normalized spacial score (nSPS) is 12.6. The van der Waals surface area contributed by atoms with Crippen molar-refractivity contribution >= 4 is 5.97 Å². The molecule has 0 spiro atoms. The molecule has 17 heavy (non-hydrogen) atoms. The summed E-state index contributed by atoms with van der Waals surface area (Å²) in [6.45, 7) is 3.88. The van der Waals surface area contributed by atoms with Crippen molar-refractivity contribution in [3.8, 4) is 5.75 Å². The first-order chi connectivity index (χ1) is 8.15. The Morgan fingerprint density at radius 3 is 2.76 bits per heavy atom. The van der Waals surface area contributed by atoms with Crippen molar-refractivity contribution in [3.05, 3.63) is 42.0 Å². The summed E-state index contributed by atoms with van der Waals surface area (Å²) in [4.78, 5) is 11.7. The van der Waals surface area contributed by atoms with Gasteiger partial charge < -0.3 is 9.84 Å². The van der Waals surface area contributed by atoms with Crippen molar-refractivity contribution in [1.29, 1.82) is 0 Å². The molecule has 0 saturated heterocycles. The third-order valence-electron chi connectivity index (χ3n) is 2.30. The number of ether oxygens (including phenoxy) is 1. The molecule has 1 aromatic rings. The Morgan fingerprint density at radius 2 is 2.12 bits per heavy atom. The monoisotopic (exact) mass is 234 g/mol. The van der Waals surface area contributed by atoms with Crippen LogP contribution in [0.2, 0.25) is 0 Å². The van der Waals surface area contributed by atoms with Crippen LogP contribution in [0.1, 0.15) is 37.0 Å². The summed E-state index contributed by atoms with van der Waals surface area (Å²) in [5, 5.41) is 9.49. The molecule has 1 aromatic carbocycles. The fourth-order valence-electron chi connectivity index (χ4n) is 1.40. The Hall–Kier alpha value is -1.77. The third-order valence-corrected chi connectivity index (χ3v) is 2.30. The highest BCUT2D eigenvalue weighted by Crippen LogP contribution is 2.17. The van der Waals surface area contributed by atoms with Crippen molar-refractivity contribution in [1.82, 2.24) is 0 Å². The molecule has 0 heterocycles. The largest absolute Gasteiger partial charge is 0.507 e. The van der Waals surface area contributed by atoms with Gasteiger partial charge in [0.25, 0.3) is 0 Å². The lowest BCUT2D eigenvalue weighted by molar-refractivity contribution is 0.0344. The lowest BCUT2D eigenvalue weighted by atomic mass is 10.2. The van der Waals surface area contributed by atoms with Gasteiger partial charge in [0.1, 0.15) is 17.4 Å². The average Bonchev–Trinajstić information content (AvgIpc) is 2.29.